The number of pyridine rings is 1. The first-order chi connectivity index (χ1) is 9.28. The molecule has 94 valence electrons. The van der Waals surface area contributed by atoms with E-state index in [-0.39, 0.29) is 5.78 Å². The number of hydrogen-bond acceptors (Lipinski definition) is 3. The van der Waals surface area contributed by atoms with Crippen LogP contribution in [0.1, 0.15) is 21.5 Å². The lowest BCUT2D eigenvalue weighted by atomic mass is 10.1. The quantitative estimate of drug-likeness (QED) is 0.770. The fraction of sp³-hybridized carbons (Fsp3) is 0.125. The summed E-state index contributed by atoms with van der Waals surface area (Å²) in [6.07, 6.45) is 6.06. The molecule has 2 aromatic rings. The van der Waals surface area contributed by atoms with Crippen LogP contribution in [0.25, 0.3) is 6.08 Å². The van der Waals surface area contributed by atoms with Gasteiger partial charge in [-0.3, -0.25) is 9.78 Å². The van der Waals surface area contributed by atoms with E-state index in [9.17, 15) is 4.79 Å². The van der Waals surface area contributed by atoms with Crippen LogP contribution in [-0.4, -0.2) is 17.9 Å². The summed E-state index contributed by atoms with van der Waals surface area (Å²) >= 11 is 0. The second-order valence-electron chi connectivity index (χ2n) is 4.48. The SMILES string of the molecule is COc1ccc2c(c1)C(=O)/C(=C/c1ccncc1)C2. The molecule has 3 heteroatoms. The van der Waals surface area contributed by atoms with Crippen LogP contribution in [0.4, 0.5) is 0 Å². The number of benzene rings is 1. The van der Waals surface area contributed by atoms with E-state index in [0.29, 0.717) is 6.42 Å². The Morgan fingerprint density at radius 2 is 2.00 bits per heavy atom. The number of ether oxygens (including phenoxy) is 1. The van der Waals surface area contributed by atoms with Gasteiger partial charge in [-0.15, -0.1) is 0 Å². The summed E-state index contributed by atoms with van der Waals surface area (Å²) in [6.45, 7) is 0. The topological polar surface area (TPSA) is 39.2 Å². The van der Waals surface area contributed by atoms with Crippen molar-refractivity contribution < 1.29 is 9.53 Å². The third-order valence-corrected chi connectivity index (χ3v) is 3.28. The van der Waals surface area contributed by atoms with E-state index in [0.717, 1.165) is 28.0 Å². The zero-order valence-corrected chi connectivity index (χ0v) is 10.6. The number of carbonyl (C=O) groups is 1. The lowest BCUT2D eigenvalue weighted by Gasteiger charge is -2.01. The first-order valence-corrected chi connectivity index (χ1v) is 6.10. The van der Waals surface area contributed by atoms with Crippen molar-refractivity contribution in [1.29, 1.82) is 0 Å². The predicted octanol–water partition coefficient (Wildman–Crippen LogP) is 2.91. The van der Waals surface area contributed by atoms with Crippen molar-refractivity contribution in [1.82, 2.24) is 4.98 Å². The summed E-state index contributed by atoms with van der Waals surface area (Å²) in [7, 11) is 1.61. The Kier molecular flexibility index (Phi) is 2.88. The van der Waals surface area contributed by atoms with Gasteiger partial charge >= 0.3 is 0 Å². The molecule has 3 rings (SSSR count). The van der Waals surface area contributed by atoms with Gasteiger partial charge in [0.15, 0.2) is 5.78 Å². The van der Waals surface area contributed by atoms with E-state index in [1.54, 1.807) is 19.5 Å². The van der Waals surface area contributed by atoms with Crippen molar-refractivity contribution in [2.24, 2.45) is 0 Å². The molecule has 1 aliphatic rings. The standard InChI is InChI=1S/C16H13NO2/c1-19-14-3-2-12-9-13(16(18)15(12)10-14)8-11-4-6-17-7-5-11/h2-8,10H,9H2,1H3/b13-8+. The van der Waals surface area contributed by atoms with Crippen molar-refractivity contribution in [3.8, 4) is 5.75 Å². The molecular weight excluding hydrogens is 238 g/mol. The van der Waals surface area contributed by atoms with Crippen LogP contribution in [0.2, 0.25) is 0 Å². The molecule has 0 bridgehead atoms. The smallest absolute Gasteiger partial charge is 0.189 e. The van der Waals surface area contributed by atoms with E-state index < -0.39 is 0 Å². The molecule has 0 N–H and O–H groups in total. The van der Waals surface area contributed by atoms with E-state index in [1.165, 1.54) is 0 Å². The van der Waals surface area contributed by atoms with Gasteiger partial charge in [0.2, 0.25) is 0 Å². The molecule has 0 atom stereocenters. The van der Waals surface area contributed by atoms with Crippen LogP contribution in [0, 0.1) is 0 Å². The van der Waals surface area contributed by atoms with Crippen molar-refractivity contribution in [3.05, 3.63) is 65.0 Å². The number of carbonyl (C=O) groups excluding carboxylic acids is 1. The maximum Gasteiger partial charge on any atom is 0.189 e. The minimum Gasteiger partial charge on any atom is -0.497 e. The average molecular weight is 251 g/mol. The van der Waals surface area contributed by atoms with Gasteiger partial charge < -0.3 is 4.74 Å². The van der Waals surface area contributed by atoms with Gasteiger partial charge in [0.25, 0.3) is 0 Å². The summed E-state index contributed by atoms with van der Waals surface area (Å²) in [6, 6.07) is 9.44. The van der Waals surface area contributed by atoms with E-state index >= 15 is 0 Å². The second-order valence-corrected chi connectivity index (χ2v) is 4.48. The number of aromatic nitrogens is 1. The Hall–Kier alpha value is -2.42. The molecule has 1 heterocycles. The van der Waals surface area contributed by atoms with Crippen molar-refractivity contribution in [3.63, 3.8) is 0 Å². The molecule has 0 spiro atoms. The minimum atomic E-state index is 0.0886. The Morgan fingerprint density at radius 1 is 1.21 bits per heavy atom. The van der Waals surface area contributed by atoms with Gasteiger partial charge in [0, 0.05) is 30.0 Å². The first kappa shape index (κ1) is 11.7. The molecule has 1 aromatic carbocycles. The Balaban J connectivity index is 1.97. The van der Waals surface area contributed by atoms with Gasteiger partial charge in [0.1, 0.15) is 5.75 Å². The second kappa shape index (κ2) is 4.69. The van der Waals surface area contributed by atoms with Gasteiger partial charge in [-0.2, -0.15) is 0 Å². The van der Waals surface area contributed by atoms with Crippen LogP contribution < -0.4 is 4.74 Å². The van der Waals surface area contributed by atoms with Crippen LogP contribution in [0.15, 0.2) is 48.3 Å². The lowest BCUT2D eigenvalue weighted by molar-refractivity contribution is 0.104. The first-order valence-electron chi connectivity index (χ1n) is 6.10. The number of fused-ring (bicyclic) bond motifs is 1. The summed E-state index contributed by atoms with van der Waals surface area (Å²) in [5, 5.41) is 0. The maximum atomic E-state index is 12.3. The number of nitrogens with zero attached hydrogens (tertiary/aromatic N) is 1. The third-order valence-electron chi connectivity index (χ3n) is 3.28. The lowest BCUT2D eigenvalue weighted by Crippen LogP contribution is -1.96. The average Bonchev–Trinajstić information content (AvgIpc) is 2.76. The number of ketones is 1. The highest BCUT2D eigenvalue weighted by Crippen LogP contribution is 2.30. The molecule has 0 aliphatic heterocycles. The normalized spacial score (nSPS) is 15.6. The molecule has 0 amide bonds. The highest BCUT2D eigenvalue weighted by atomic mass is 16.5. The number of Topliss-reactive ketones (excluding diaryl/α,β-unsaturated/α-hetero) is 1. The van der Waals surface area contributed by atoms with Crippen LogP contribution in [0.5, 0.6) is 5.75 Å². The summed E-state index contributed by atoms with van der Waals surface area (Å²) in [4.78, 5) is 16.3. The van der Waals surface area contributed by atoms with Gasteiger partial charge in [-0.05, 0) is 41.5 Å². The van der Waals surface area contributed by atoms with E-state index in [4.69, 9.17) is 4.74 Å². The number of methoxy groups -OCH3 is 1. The highest BCUT2D eigenvalue weighted by Gasteiger charge is 2.25. The van der Waals surface area contributed by atoms with Crippen LogP contribution >= 0.6 is 0 Å². The molecule has 1 aromatic heterocycles. The number of rotatable bonds is 2. The van der Waals surface area contributed by atoms with Gasteiger partial charge in [0.05, 0.1) is 7.11 Å². The fourth-order valence-corrected chi connectivity index (χ4v) is 2.28. The zero-order valence-electron chi connectivity index (χ0n) is 10.6. The molecular formula is C16H13NO2. The molecule has 3 nitrogen and oxygen atoms in total. The van der Waals surface area contributed by atoms with Crippen molar-refractivity contribution >= 4 is 11.9 Å². The predicted molar refractivity (Wildman–Crippen MR) is 73.2 cm³/mol. The van der Waals surface area contributed by atoms with Gasteiger partial charge in [-0.25, -0.2) is 0 Å². The van der Waals surface area contributed by atoms with Crippen molar-refractivity contribution in [2.45, 2.75) is 6.42 Å². The largest absolute Gasteiger partial charge is 0.497 e. The third kappa shape index (κ3) is 2.15. The molecule has 0 saturated carbocycles. The molecule has 0 fully saturated rings. The zero-order chi connectivity index (χ0) is 13.2. The fourth-order valence-electron chi connectivity index (χ4n) is 2.28. The molecule has 0 saturated heterocycles. The maximum absolute atomic E-state index is 12.3. The molecule has 0 unspecified atom stereocenters. The highest BCUT2D eigenvalue weighted by molar-refractivity contribution is 6.15. The monoisotopic (exact) mass is 251 g/mol. The molecule has 19 heavy (non-hydrogen) atoms. The Labute approximate surface area is 111 Å². The summed E-state index contributed by atoms with van der Waals surface area (Å²) in [5.41, 5.74) is 3.62. The minimum absolute atomic E-state index is 0.0886. The van der Waals surface area contributed by atoms with Gasteiger partial charge in [-0.1, -0.05) is 6.07 Å². The summed E-state index contributed by atoms with van der Waals surface area (Å²) < 4.78 is 5.16. The number of hydrogen-bond donors (Lipinski definition) is 0. The van der Waals surface area contributed by atoms with Crippen LogP contribution in [0.3, 0.4) is 0 Å². The van der Waals surface area contributed by atoms with E-state index in [1.807, 2.05) is 36.4 Å². The molecule has 1 aliphatic carbocycles. The van der Waals surface area contributed by atoms with Crippen molar-refractivity contribution in [2.75, 3.05) is 7.11 Å². The summed E-state index contributed by atoms with van der Waals surface area (Å²) in [5.74, 6) is 0.808. The van der Waals surface area contributed by atoms with E-state index in [2.05, 4.69) is 4.98 Å². The number of allylic oxidation sites excluding steroid dienone is 1. The molecule has 0 radical (unpaired) electrons. The Bertz CT molecular complexity index is 660. The Morgan fingerprint density at radius 3 is 2.74 bits per heavy atom. The van der Waals surface area contributed by atoms with Crippen LogP contribution in [-0.2, 0) is 6.42 Å².